The van der Waals surface area contributed by atoms with Crippen LogP contribution in [0.1, 0.15) is 11.1 Å². The van der Waals surface area contributed by atoms with E-state index in [0.29, 0.717) is 22.3 Å². The van der Waals surface area contributed by atoms with E-state index < -0.39 is 11.7 Å². The molecule has 3 aromatic rings. The lowest BCUT2D eigenvalue weighted by atomic mass is 9.96. The van der Waals surface area contributed by atoms with Gasteiger partial charge in [0.2, 0.25) is 0 Å². The number of pyridine rings is 1. The molecular formula is C19H15F3N2O. The molecule has 3 N–H and O–H groups in total. The lowest BCUT2D eigenvalue weighted by molar-refractivity contribution is -0.137. The number of hydrogen-bond acceptors (Lipinski definition) is 3. The number of nitrogens with two attached hydrogens (primary N) is 1. The molecule has 25 heavy (non-hydrogen) atoms. The largest absolute Gasteiger partial charge is 0.507 e. The molecule has 0 fully saturated rings. The maximum absolute atomic E-state index is 13.1. The van der Waals surface area contributed by atoms with Crippen molar-refractivity contribution in [1.29, 1.82) is 0 Å². The highest BCUT2D eigenvalue weighted by Gasteiger charge is 2.31. The smallest absolute Gasteiger partial charge is 0.416 e. The molecule has 0 atom stereocenters. The fourth-order valence-corrected chi connectivity index (χ4v) is 2.62. The minimum Gasteiger partial charge on any atom is -0.507 e. The molecule has 6 heteroatoms. The van der Waals surface area contributed by atoms with Crippen molar-refractivity contribution in [3.8, 4) is 28.0 Å². The molecule has 128 valence electrons. The summed E-state index contributed by atoms with van der Waals surface area (Å²) in [7, 11) is 0. The number of aromatic hydroxyl groups is 1. The van der Waals surface area contributed by atoms with Gasteiger partial charge in [0.1, 0.15) is 5.75 Å². The second kappa shape index (κ2) is 6.57. The molecule has 3 nitrogen and oxygen atoms in total. The van der Waals surface area contributed by atoms with E-state index in [1.165, 1.54) is 6.07 Å². The minimum absolute atomic E-state index is 0.00617. The fraction of sp³-hybridized carbons (Fsp3) is 0.105. The lowest BCUT2D eigenvalue weighted by Crippen LogP contribution is -2.07. The summed E-state index contributed by atoms with van der Waals surface area (Å²) in [5.41, 5.74) is 7.38. The van der Waals surface area contributed by atoms with Crippen LogP contribution in [0.4, 0.5) is 13.2 Å². The second-order valence-corrected chi connectivity index (χ2v) is 5.59. The first-order valence-electron chi connectivity index (χ1n) is 7.53. The van der Waals surface area contributed by atoms with E-state index >= 15 is 0 Å². The summed E-state index contributed by atoms with van der Waals surface area (Å²) in [5.74, 6) is 0.0426. The van der Waals surface area contributed by atoms with Crippen LogP contribution in [0.15, 0.2) is 60.9 Å². The molecule has 3 rings (SSSR count). The quantitative estimate of drug-likeness (QED) is 0.730. The molecule has 1 heterocycles. The summed E-state index contributed by atoms with van der Waals surface area (Å²) >= 11 is 0. The van der Waals surface area contributed by atoms with E-state index in [9.17, 15) is 18.3 Å². The van der Waals surface area contributed by atoms with Gasteiger partial charge < -0.3 is 10.8 Å². The zero-order valence-electron chi connectivity index (χ0n) is 13.1. The van der Waals surface area contributed by atoms with E-state index in [0.717, 1.165) is 17.7 Å². The predicted octanol–water partition coefficient (Wildman–Crippen LogP) is 4.60. The van der Waals surface area contributed by atoms with Gasteiger partial charge in [-0.05, 0) is 64.7 Å². The van der Waals surface area contributed by atoms with Crippen LogP contribution < -0.4 is 5.73 Å². The summed E-state index contributed by atoms with van der Waals surface area (Å²) in [6.45, 7) is 0.00617. The topological polar surface area (TPSA) is 59.1 Å². The average Bonchev–Trinajstić information content (AvgIpc) is 2.61. The Morgan fingerprint density at radius 3 is 2.24 bits per heavy atom. The third kappa shape index (κ3) is 3.64. The minimum atomic E-state index is -4.45. The van der Waals surface area contributed by atoms with Crippen molar-refractivity contribution >= 4 is 0 Å². The van der Waals surface area contributed by atoms with Gasteiger partial charge in [-0.15, -0.1) is 0 Å². The summed E-state index contributed by atoms with van der Waals surface area (Å²) in [4.78, 5) is 3.92. The Hall–Kier alpha value is -2.86. The Balaban J connectivity index is 2.14. The van der Waals surface area contributed by atoms with Crippen molar-refractivity contribution in [1.82, 2.24) is 4.98 Å². The lowest BCUT2D eigenvalue weighted by Gasteiger charge is -2.13. The van der Waals surface area contributed by atoms with Crippen LogP contribution in [0.5, 0.6) is 5.75 Å². The van der Waals surface area contributed by atoms with Gasteiger partial charge >= 0.3 is 6.18 Å². The van der Waals surface area contributed by atoms with Gasteiger partial charge in [-0.2, -0.15) is 13.2 Å². The van der Waals surface area contributed by atoms with Crippen molar-refractivity contribution in [2.45, 2.75) is 12.7 Å². The van der Waals surface area contributed by atoms with Gasteiger partial charge in [-0.3, -0.25) is 4.98 Å². The van der Waals surface area contributed by atoms with Crippen LogP contribution >= 0.6 is 0 Å². The first-order chi connectivity index (χ1) is 11.9. The zero-order chi connectivity index (χ0) is 18.0. The van der Waals surface area contributed by atoms with Gasteiger partial charge in [0, 0.05) is 24.5 Å². The van der Waals surface area contributed by atoms with Gasteiger partial charge in [0.05, 0.1) is 5.56 Å². The third-order valence-corrected chi connectivity index (χ3v) is 3.88. The summed E-state index contributed by atoms with van der Waals surface area (Å²) in [6.07, 6.45) is -1.29. The van der Waals surface area contributed by atoms with Crippen LogP contribution in [0.2, 0.25) is 0 Å². The maximum Gasteiger partial charge on any atom is 0.416 e. The SMILES string of the molecule is NCc1cc(-c2ccc(O)c(-c3ccncc3)c2)cc(C(F)(F)F)c1. The molecule has 2 aromatic carbocycles. The Morgan fingerprint density at radius 1 is 0.880 bits per heavy atom. The number of alkyl halides is 3. The van der Waals surface area contributed by atoms with E-state index in [2.05, 4.69) is 4.98 Å². The van der Waals surface area contributed by atoms with Gasteiger partial charge in [0.25, 0.3) is 0 Å². The normalized spacial score (nSPS) is 11.5. The number of rotatable bonds is 3. The summed E-state index contributed by atoms with van der Waals surface area (Å²) in [5, 5.41) is 10.1. The third-order valence-electron chi connectivity index (χ3n) is 3.88. The molecule has 0 aliphatic carbocycles. The van der Waals surface area contributed by atoms with Crippen molar-refractivity contribution in [2.75, 3.05) is 0 Å². The highest BCUT2D eigenvalue weighted by atomic mass is 19.4. The number of benzene rings is 2. The highest BCUT2D eigenvalue weighted by Crippen LogP contribution is 2.36. The molecular weight excluding hydrogens is 329 g/mol. The molecule has 0 radical (unpaired) electrons. The molecule has 0 aliphatic rings. The molecule has 0 saturated carbocycles. The van der Waals surface area contributed by atoms with Crippen LogP contribution in [0, 0.1) is 0 Å². The molecule has 0 amide bonds. The fourth-order valence-electron chi connectivity index (χ4n) is 2.62. The summed E-state index contributed by atoms with van der Waals surface area (Å²) < 4.78 is 39.4. The number of aromatic nitrogens is 1. The molecule has 0 bridgehead atoms. The second-order valence-electron chi connectivity index (χ2n) is 5.59. The van der Waals surface area contributed by atoms with Crippen molar-refractivity contribution in [2.24, 2.45) is 5.73 Å². The number of hydrogen-bond donors (Lipinski definition) is 2. The van der Waals surface area contributed by atoms with E-state index in [1.807, 2.05) is 0 Å². The first-order valence-corrected chi connectivity index (χ1v) is 7.53. The summed E-state index contributed by atoms with van der Waals surface area (Å²) in [6, 6.07) is 11.9. The van der Waals surface area contributed by atoms with Crippen LogP contribution in [0.25, 0.3) is 22.3 Å². The average molecular weight is 344 g/mol. The number of halogens is 3. The van der Waals surface area contributed by atoms with Crippen LogP contribution in [-0.4, -0.2) is 10.1 Å². The zero-order valence-corrected chi connectivity index (χ0v) is 13.1. The molecule has 0 spiro atoms. The monoisotopic (exact) mass is 344 g/mol. The van der Waals surface area contributed by atoms with Crippen LogP contribution in [0.3, 0.4) is 0 Å². The number of phenolic OH excluding ortho intramolecular Hbond substituents is 1. The van der Waals surface area contributed by atoms with E-state index in [1.54, 1.807) is 42.7 Å². The number of phenols is 1. The van der Waals surface area contributed by atoms with Gasteiger partial charge in [-0.1, -0.05) is 6.07 Å². The standard InChI is InChI=1S/C19H15F3N2O/c20-19(21,22)16-8-12(11-23)7-15(9-16)14-1-2-18(25)17(10-14)13-3-5-24-6-4-13/h1-10,25H,11,23H2. The molecule has 0 saturated heterocycles. The molecule has 0 unspecified atom stereocenters. The van der Waals surface area contributed by atoms with Crippen molar-refractivity contribution in [3.63, 3.8) is 0 Å². The van der Waals surface area contributed by atoms with Gasteiger partial charge in [-0.25, -0.2) is 0 Å². The van der Waals surface area contributed by atoms with Gasteiger partial charge in [0.15, 0.2) is 0 Å². The van der Waals surface area contributed by atoms with E-state index in [4.69, 9.17) is 5.73 Å². The van der Waals surface area contributed by atoms with Crippen molar-refractivity contribution in [3.05, 3.63) is 72.1 Å². The van der Waals surface area contributed by atoms with E-state index in [-0.39, 0.29) is 12.3 Å². The maximum atomic E-state index is 13.1. The number of nitrogens with zero attached hydrogens (tertiary/aromatic N) is 1. The Kier molecular flexibility index (Phi) is 4.46. The van der Waals surface area contributed by atoms with Crippen molar-refractivity contribution < 1.29 is 18.3 Å². The van der Waals surface area contributed by atoms with Crippen LogP contribution in [-0.2, 0) is 12.7 Å². The highest BCUT2D eigenvalue weighted by molar-refractivity contribution is 5.77. The molecule has 0 aliphatic heterocycles. The predicted molar refractivity (Wildman–Crippen MR) is 89.7 cm³/mol. The Labute approximate surface area is 142 Å². The molecule has 1 aromatic heterocycles. The first kappa shape index (κ1) is 17.0. The Morgan fingerprint density at radius 2 is 1.60 bits per heavy atom. The Bertz CT molecular complexity index is 893.